The van der Waals surface area contributed by atoms with Crippen LogP contribution in [0, 0.1) is 0 Å². The van der Waals surface area contributed by atoms with Crippen LogP contribution in [0.25, 0.3) is 16.7 Å². The van der Waals surface area contributed by atoms with Gasteiger partial charge in [0.25, 0.3) is 11.7 Å². The van der Waals surface area contributed by atoms with Gasteiger partial charge in [-0.15, -0.1) is 0 Å². The van der Waals surface area contributed by atoms with Gasteiger partial charge in [-0.05, 0) is 48.4 Å². The number of carbonyl (C=O) groups excluding carboxylic acids is 2. The number of para-hydroxylation sites is 1. The summed E-state index contributed by atoms with van der Waals surface area (Å²) in [6.07, 6.45) is 2.76. The van der Waals surface area contributed by atoms with E-state index in [1.165, 1.54) is 12.0 Å². The summed E-state index contributed by atoms with van der Waals surface area (Å²) in [5, 5.41) is 12.7. The predicted molar refractivity (Wildman–Crippen MR) is 142 cm³/mol. The van der Waals surface area contributed by atoms with Gasteiger partial charge in [-0.1, -0.05) is 48.9 Å². The van der Waals surface area contributed by atoms with E-state index >= 15 is 0 Å². The quantitative estimate of drug-likeness (QED) is 0.206. The number of nitrogens with zero attached hydrogens (tertiary/aromatic N) is 2. The number of ether oxygens (including phenoxy) is 1. The highest BCUT2D eigenvalue weighted by atomic mass is 35.5. The normalized spacial score (nSPS) is 17.2. The number of aliphatic hydroxyl groups is 1. The monoisotopic (exact) mass is 500 g/mol. The second-order valence-corrected chi connectivity index (χ2v) is 9.16. The fourth-order valence-corrected chi connectivity index (χ4v) is 5.03. The first-order valence-corrected chi connectivity index (χ1v) is 12.0. The summed E-state index contributed by atoms with van der Waals surface area (Å²) in [5.74, 6) is -1.38. The molecular formula is C29H25ClN2O4. The molecule has 0 bridgehead atoms. The zero-order valence-corrected chi connectivity index (χ0v) is 20.9. The highest BCUT2D eigenvalue weighted by Crippen LogP contribution is 2.45. The molecule has 0 radical (unpaired) electrons. The van der Waals surface area contributed by atoms with Crippen LogP contribution in [0.1, 0.15) is 29.7 Å². The van der Waals surface area contributed by atoms with Crippen molar-refractivity contribution in [2.75, 3.05) is 12.0 Å². The van der Waals surface area contributed by atoms with Crippen molar-refractivity contribution in [2.45, 2.75) is 19.4 Å². The first kappa shape index (κ1) is 23.7. The molecule has 1 aliphatic rings. The number of aliphatic hydroxyl groups excluding tert-OH is 1. The molecule has 0 saturated carbocycles. The number of methoxy groups -OCH3 is 1. The van der Waals surface area contributed by atoms with E-state index in [2.05, 4.69) is 6.92 Å². The van der Waals surface area contributed by atoms with Crippen LogP contribution in [0.2, 0.25) is 5.02 Å². The number of amides is 1. The van der Waals surface area contributed by atoms with E-state index in [1.54, 1.807) is 18.2 Å². The molecule has 1 aliphatic heterocycles. The summed E-state index contributed by atoms with van der Waals surface area (Å²) >= 11 is 6.18. The topological polar surface area (TPSA) is 71.8 Å². The van der Waals surface area contributed by atoms with Gasteiger partial charge in [-0.25, -0.2) is 0 Å². The lowest BCUT2D eigenvalue weighted by Gasteiger charge is -2.25. The van der Waals surface area contributed by atoms with Crippen molar-refractivity contribution in [3.05, 3.63) is 100 Å². The van der Waals surface area contributed by atoms with E-state index in [0.29, 0.717) is 22.0 Å². The smallest absolute Gasteiger partial charge is 0.300 e. The van der Waals surface area contributed by atoms with Crippen LogP contribution in [0.4, 0.5) is 5.69 Å². The predicted octanol–water partition coefficient (Wildman–Crippen LogP) is 6.03. The van der Waals surface area contributed by atoms with E-state index in [9.17, 15) is 14.7 Å². The van der Waals surface area contributed by atoms with Crippen molar-refractivity contribution in [1.82, 2.24) is 4.57 Å². The molecule has 182 valence electrons. The summed E-state index contributed by atoms with van der Waals surface area (Å²) in [7, 11) is 3.39. The molecule has 0 spiro atoms. The van der Waals surface area contributed by atoms with Gasteiger partial charge in [0, 0.05) is 41.0 Å². The van der Waals surface area contributed by atoms with Gasteiger partial charge in [-0.2, -0.15) is 0 Å². The van der Waals surface area contributed by atoms with Crippen LogP contribution in [-0.2, 0) is 23.1 Å². The number of aryl methyl sites for hydroxylation is 2. The molecule has 0 aliphatic carbocycles. The molecule has 1 aromatic heterocycles. The largest absolute Gasteiger partial charge is 0.507 e. The summed E-state index contributed by atoms with van der Waals surface area (Å²) in [6.45, 7) is 2.05. The summed E-state index contributed by atoms with van der Waals surface area (Å²) in [4.78, 5) is 28.5. The molecule has 3 aromatic carbocycles. The van der Waals surface area contributed by atoms with E-state index < -0.39 is 17.7 Å². The minimum absolute atomic E-state index is 0.0142. The van der Waals surface area contributed by atoms with Gasteiger partial charge >= 0.3 is 0 Å². The molecule has 5 rings (SSSR count). The van der Waals surface area contributed by atoms with E-state index in [4.69, 9.17) is 16.3 Å². The van der Waals surface area contributed by atoms with Crippen LogP contribution in [-0.4, -0.2) is 28.5 Å². The Morgan fingerprint density at radius 1 is 1.06 bits per heavy atom. The number of aromatic nitrogens is 1. The Morgan fingerprint density at radius 2 is 1.78 bits per heavy atom. The first-order chi connectivity index (χ1) is 17.3. The third kappa shape index (κ3) is 3.74. The lowest BCUT2D eigenvalue weighted by molar-refractivity contribution is -0.132. The Hall–Kier alpha value is -4.03. The second-order valence-electron chi connectivity index (χ2n) is 8.75. The average molecular weight is 501 g/mol. The van der Waals surface area contributed by atoms with E-state index in [0.717, 1.165) is 28.5 Å². The number of rotatable bonds is 5. The van der Waals surface area contributed by atoms with Gasteiger partial charge < -0.3 is 14.4 Å². The molecule has 1 saturated heterocycles. The number of benzene rings is 3. The maximum Gasteiger partial charge on any atom is 0.300 e. The third-order valence-corrected chi connectivity index (χ3v) is 7.03. The van der Waals surface area contributed by atoms with Crippen LogP contribution in [0.5, 0.6) is 5.75 Å². The van der Waals surface area contributed by atoms with E-state index in [1.807, 2.05) is 66.3 Å². The highest BCUT2D eigenvalue weighted by Gasteiger charge is 2.47. The van der Waals surface area contributed by atoms with Gasteiger partial charge in [-0.3, -0.25) is 14.5 Å². The molecule has 2 heterocycles. The summed E-state index contributed by atoms with van der Waals surface area (Å²) in [6, 6.07) is 19.3. The minimum atomic E-state index is -0.828. The van der Waals surface area contributed by atoms with Gasteiger partial charge in [0.05, 0.1) is 23.7 Å². The maximum absolute atomic E-state index is 13.5. The van der Waals surface area contributed by atoms with Crippen molar-refractivity contribution < 1.29 is 19.4 Å². The van der Waals surface area contributed by atoms with Crippen LogP contribution in [0.3, 0.4) is 0 Å². The number of fused-ring (bicyclic) bond motifs is 1. The SMILES string of the molecule is CCc1ccc(N2C(=O)C(=O)/C(=C(/O)c3ccc(Cl)c(OC)c3)C2c2cn(C)c3ccccc23)cc1. The van der Waals surface area contributed by atoms with Crippen molar-refractivity contribution in [3.8, 4) is 5.75 Å². The van der Waals surface area contributed by atoms with Crippen molar-refractivity contribution in [1.29, 1.82) is 0 Å². The molecule has 1 amide bonds. The van der Waals surface area contributed by atoms with Crippen molar-refractivity contribution >= 4 is 45.6 Å². The number of Topliss-reactive ketones (excluding diaryl/α,β-unsaturated/α-hetero) is 1. The molecule has 4 aromatic rings. The first-order valence-electron chi connectivity index (χ1n) is 11.6. The van der Waals surface area contributed by atoms with Gasteiger partial charge in [0.1, 0.15) is 11.5 Å². The lowest BCUT2D eigenvalue weighted by atomic mass is 9.94. The van der Waals surface area contributed by atoms with Crippen LogP contribution < -0.4 is 9.64 Å². The minimum Gasteiger partial charge on any atom is -0.507 e. The van der Waals surface area contributed by atoms with Crippen LogP contribution in [0.15, 0.2) is 78.5 Å². The number of hydrogen-bond donors (Lipinski definition) is 1. The second kappa shape index (κ2) is 9.21. The van der Waals surface area contributed by atoms with E-state index in [-0.39, 0.29) is 11.3 Å². The Bertz CT molecular complexity index is 1530. The molecular weight excluding hydrogens is 476 g/mol. The average Bonchev–Trinajstić information content (AvgIpc) is 3.37. The third-order valence-electron chi connectivity index (χ3n) is 6.71. The van der Waals surface area contributed by atoms with Gasteiger partial charge in [0.2, 0.25) is 0 Å². The molecule has 7 heteroatoms. The maximum atomic E-state index is 13.5. The standard InChI is InChI=1S/C29H25ClN2O4/c1-4-17-9-12-19(13-10-17)32-26(21-16-31(2)23-8-6-5-7-20(21)23)25(28(34)29(32)35)27(33)18-11-14-22(30)24(15-18)36-3/h5-16,26,33H,4H2,1-3H3/b27-25+. The molecule has 1 N–H and O–H groups in total. The Kier molecular flexibility index (Phi) is 6.06. The van der Waals surface area contributed by atoms with Gasteiger partial charge in [0.15, 0.2) is 0 Å². The molecule has 6 nitrogen and oxygen atoms in total. The number of halogens is 1. The summed E-state index contributed by atoms with van der Waals surface area (Å²) < 4.78 is 7.25. The number of carbonyl (C=O) groups is 2. The highest BCUT2D eigenvalue weighted by molar-refractivity contribution is 6.52. The summed E-state index contributed by atoms with van der Waals surface area (Å²) in [5.41, 5.74) is 3.74. The lowest BCUT2D eigenvalue weighted by Crippen LogP contribution is -2.29. The Balaban J connectivity index is 1.78. The fourth-order valence-electron chi connectivity index (χ4n) is 4.84. The molecule has 1 atom stereocenters. The van der Waals surface area contributed by atoms with Crippen molar-refractivity contribution in [3.63, 3.8) is 0 Å². The molecule has 1 unspecified atom stereocenters. The Morgan fingerprint density at radius 3 is 2.47 bits per heavy atom. The number of hydrogen-bond acceptors (Lipinski definition) is 4. The van der Waals surface area contributed by atoms with Crippen molar-refractivity contribution in [2.24, 2.45) is 7.05 Å². The number of ketones is 1. The molecule has 36 heavy (non-hydrogen) atoms. The zero-order valence-electron chi connectivity index (χ0n) is 20.2. The molecule has 1 fully saturated rings. The number of anilines is 1. The Labute approximate surface area is 214 Å². The fraction of sp³-hybridized carbons (Fsp3) is 0.172. The van der Waals surface area contributed by atoms with Crippen LogP contribution >= 0.6 is 11.6 Å². The zero-order chi connectivity index (χ0) is 25.6.